The number of hydrogen-bond acceptors (Lipinski definition) is 3. The molecule has 5 nitrogen and oxygen atoms in total. The van der Waals surface area contributed by atoms with Crippen LogP contribution in [0.3, 0.4) is 0 Å². The van der Waals surface area contributed by atoms with Crippen molar-refractivity contribution in [2.24, 2.45) is 0 Å². The zero-order valence-corrected chi connectivity index (χ0v) is 17.3. The second-order valence-corrected chi connectivity index (χ2v) is 9.49. The van der Waals surface area contributed by atoms with E-state index in [1.54, 1.807) is 31.3 Å². The molecule has 3 rings (SSSR count). The minimum absolute atomic E-state index is 0.0761. The number of nitrogens with one attached hydrogen (secondary N) is 1. The lowest BCUT2D eigenvalue weighted by atomic mass is 9.96. The van der Waals surface area contributed by atoms with Gasteiger partial charge in [-0.25, -0.2) is 8.42 Å². The SMILES string of the molecule is Cc1ccccc1CC(=O)Nc1ccc(S(=O)(=O)N(C)C2CCCCC2)cc1. The Balaban J connectivity index is 1.65. The first-order valence-corrected chi connectivity index (χ1v) is 11.2. The molecule has 1 N–H and O–H groups in total. The highest BCUT2D eigenvalue weighted by molar-refractivity contribution is 7.89. The minimum Gasteiger partial charge on any atom is -0.326 e. The fourth-order valence-corrected chi connectivity index (χ4v) is 5.12. The molecule has 0 atom stereocenters. The molecule has 28 heavy (non-hydrogen) atoms. The molecule has 1 aliphatic carbocycles. The monoisotopic (exact) mass is 400 g/mol. The van der Waals surface area contributed by atoms with Crippen molar-refractivity contribution in [3.63, 3.8) is 0 Å². The first-order valence-electron chi connectivity index (χ1n) is 9.80. The van der Waals surface area contributed by atoms with Gasteiger partial charge in [-0.15, -0.1) is 0 Å². The van der Waals surface area contributed by atoms with E-state index in [2.05, 4.69) is 5.32 Å². The van der Waals surface area contributed by atoms with Crippen molar-refractivity contribution in [1.82, 2.24) is 4.31 Å². The Morgan fingerprint density at radius 1 is 1.04 bits per heavy atom. The molecule has 0 unspecified atom stereocenters. The van der Waals surface area contributed by atoms with E-state index in [1.807, 2.05) is 31.2 Å². The van der Waals surface area contributed by atoms with Crippen LogP contribution in [0.4, 0.5) is 5.69 Å². The molecular formula is C22H28N2O3S. The van der Waals surface area contributed by atoms with Crippen molar-refractivity contribution in [3.05, 3.63) is 59.7 Å². The van der Waals surface area contributed by atoms with Gasteiger partial charge < -0.3 is 5.32 Å². The van der Waals surface area contributed by atoms with Gasteiger partial charge in [-0.3, -0.25) is 4.79 Å². The maximum Gasteiger partial charge on any atom is 0.243 e. The van der Waals surface area contributed by atoms with Crippen molar-refractivity contribution in [3.8, 4) is 0 Å². The fourth-order valence-electron chi connectivity index (χ4n) is 3.70. The molecule has 2 aromatic carbocycles. The lowest BCUT2D eigenvalue weighted by molar-refractivity contribution is -0.115. The molecule has 0 aromatic heterocycles. The van der Waals surface area contributed by atoms with Crippen LogP contribution in [0.5, 0.6) is 0 Å². The van der Waals surface area contributed by atoms with Gasteiger partial charge in [-0.2, -0.15) is 4.31 Å². The number of carbonyl (C=O) groups excluding carboxylic acids is 1. The number of nitrogens with zero attached hydrogens (tertiary/aromatic N) is 1. The van der Waals surface area contributed by atoms with Gasteiger partial charge in [0.1, 0.15) is 0 Å². The molecule has 0 spiro atoms. The van der Waals surface area contributed by atoms with Crippen LogP contribution >= 0.6 is 0 Å². The molecule has 6 heteroatoms. The highest BCUT2D eigenvalue weighted by atomic mass is 32.2. The number of sulfonamides is 1. The topological polar surface area (TPSA) is 66.5 Å². The number of rotatable bonds is 6. The lowest BCUT2D eigenvalue weighted by Crippen LogP contribution is -2.38. The summed E-state index contributed by atoms with van der Waals surface area (Å²) in [5, 5.41) is 2.84. The Bertz CT molecular complexity index is 917. The highest BCUT2D eigenvalue weighted by Crippen LogP contribution is 2.27. The molecule has 0 heterocycles. The minimum atomic E-state index is -3.52. The van der Waals surface area contributed by atoms with E-state index in [9.17, 15) is 13.2 Å². The number of carbonyl (C=O) groups is 1. The van der Waals surface area contributed by atoms with Gasteiger partial charge in [-0.05, 0) is 55.2 Å². The standard InChI is InChI=1S/C22H28N2O3S/c1-17-8-6-7-9-18(17)16-22(25)23-19-12-14-21(15-13-19)28(26,27)24(2)20-10-4-3-5-11-20/h6-9,12-15,20H,3-5,10-11,16H2,1-2H3,(H,23,25). The Kier molecular flexibility index (Phi) is 6.52. The summed E-state index contributed by atoms with van der Waals surface area (Å²) in [5.74, 6) is -0.121. The van der Waals surface area contributed by atoms with Crippen LogP contribution in [-0.2, 0) is 21.2 Å². The third kappa shape index (κ3) is 4.80. The van der Waals surface area contributed by atoms with Crippen LogP contribution in [0.15, 0.2) is 53.4 Å². The van der Waals surface area contributed by atoms with Gasteiger partial charge in [0.25, 0.3) is 0 Å². The summed E-state index contributed by atoms with van der Waals surface area (Å²) in [4.78, 5) is 12.6. The second-order valence-electron chi connectivity index (χ2n) is 7.49. The van der Waals surface area contributed by atoms with Gasteiger partial charge >= 0.3 is 0 Å². The van der Waals surface area contributed by atoms with Gasteiger partial charge in [0.15, 0.2) is 0 Å². The predicted molar refractivity (Wildman–Crippen MR) is 112 cm³/mol. The fraction of sp³-hybridized carbons (Fsp3) is 0.409. The van der Waals surface area contributed by atoms with Crippen LogP contribution in [-0.4, -0.2) is 31.7 Å². The van der Waals surface area contributed by atoms with E-state index >= 15 is 0 Å². The zero-order chi connectivity index (χ0) is 20.1. The van der Waals surface area contributed by atoms with Crippen molar-refractivity contribution in [1.29, 1.82) is 0 Å². The normalized spacial score (nSPS) is 15.5. The molecule has 0 aliphatic heterocycles. The molecule has 150 valence electrons. The van der Waals surface area contributed by atoms with Crippen molar-refractivity contribution in [2.45, 2.75) is 56.4 Å². The van der Waals surface area contributed by atoms with E-state index < -0.39 is 10.0 Å². The largest absolute Gasteiger partial charge is 0.326 e. The molecular weight excluding hydrogens is 372 g/mol. The Labute approximate surface area is 167 Å². The van der Waals surface area contributed by atoms with Crippen molar-refractivity contribution < 1.29 is 13.2 Å². The number of benzene rings is 2. The Morgan fingerprint density at radius 2 is 1.68 bits per heavy atom. The molecule has 1 saturated carbocycles. The average molecular weight is 401 g/mol. The number of amides is 1. The Morgan fingerprint density at radius 3 is 2.32 bits per heavy atom. The summed E-state index contributed by atoms with van der Waals surface area (Å²) in [6.07, 6.45) is 5.47. The second kappa shape index (κ2) is 8.88. The van der Waals surface area contributed by atoms with Crippen LogP contribution in [0.1, 0.15) is 43.2 Å². The first-order chi connectivity index (χ1) is 13.4. The van der Waals surface area contributed by atoms with E-state index in [1.165, 1.54) is 10.7 Å². The molecule has 1 amide bonds. The van der Waals surface area contributed by atoms with Crippen molar-refractivity contribution in [2.75, 3.05) is 12.4 Å². The van der Waals surface area contributed by atoms with Crippen LogP contribution in [0, 0.1) is 6.92 Å². The third-order valence-corrected chi connectivity index (χ3v) is 7.44. The molecule has 2 aromatic rings. The van der Waals surface area contributed by atoms with Crippen LogP contribution in [0.25, 0.3) is 0 Å². The molecule has 0 radical (unpaired) electrons. The smallest absolute Gasteiger partial charge is 0.243 e. The summed E-state index contributed by atoms with van der Waals surface area (Å²) in [6, 6.07) is 14.3. The molecule has 1 fully saturated rings. The first kappa shape index (κ1) is 20.6. The maximum atomic E-state index is 12.9. The number of aryl methyl sites for hydroxylation is 1. The van der Waals surface area contributed by atoms with Crippen LogP contribution < -0.4 is 5.32 Å². The van der Waals surface area contributed by atoms with Gasteiger partial charge in [0, 0.05) is 18.8 Å². The molecule has 0 bridgehead atoms. The van der Waals surface area contributed by atoms with E-state index in [-0.39, 0.29) is 23.3 Å². The molecule has 1 aliphatic rings. The summed E-state index contributed by atoms with van der Waals surface area (Å²) in [5.41, 5.74) is 2.65. The third-order valence-electron chi connectivity index (χ3n) is 5.52. The molecule has 0 saturated heterocycles. The van der Waals surface area contributed by atoms with Gasteiger partial charge in [0.05, 0.1) is 11.3 Å². The summed E-state index contributed by atoms with van der Waals surface area (Å²) < 4.78 is 27.3. The van der Waals surface area contributed by atoms with Crippen molar-refractivity contribution >= 4 is 21.6 Å². The lowest BCUT2D eigenvalue weighted by Gasteiger charge is -2.30. The van der Waals surface area contributed by atoms with Gasteiger partial charge in [-0.1, -0.05) is 43.5 Å². The maximum absolute atomic E-state index is 12.9. The number of anilines is 1. The highest BCUT2D eigenvalue weighted by Gasteiger charge is 2.28. The zero-order valence-electron chi connectivity index (χ0n) is 16.5. The van der Waals surface area contributed by atoms with Gasteiger partial charge in [0.2, 0.25) is 15.9 Å². The predicted octanol–water partition coefficient (Wildman–Crippen LogP) is 4.13. The number of hydrogen-bond donors (Lipinski definition) is 1. The average Bonchev–Trinajstić information content (AvgIpc) is 2.70. The van der Waals surface area contributed by atoms with Crippen LogP contribution in [0.2, 0.25) is 0 Å². The summed E-state index contributed by atoms with van der Waals surface area (Å²) >= 11 is 0. The van der Waals surface area contributed by atoms with E-state index in [0.717, 1.165) is 36.8 Å². The summed E-state index contributed by atoms with van der Waals surface area (Å²) in [7, 11) is -1.85. The summed E-state index contributed by atoms with van der Waals surface area (Å²) in [6.45, 7) is 1.98. The van der Waals surface area contributed by atoms with E-state index in [4.69, 9.17) is 0 Å². The quantitative estimate of drug-likeness (QED) is 0.793. The van der Waals surface area contributed by atoms with E-state index in [0.29, 0.717) is 5.69 Å². The Hall–Kier alpha value is -2.18.